The molecule has 21 heavy (non-hydrogen) atoms. The molecule has 1 N–H and O–H groups in total. The number of nitrogens with zero attached hydrogens (tertiary/aromatic N) is 2. The van der Waals surface area contributed by atoms with E-state index in [-0.39, 0.29) is 5.88 Å². The van der Waals surface area contributed by atoms with Crippen molar-refractivity contribution in [2.24, 2.45) is 0 Å². The van der Waals surface area contributed by atoms with Crippen molar-refractivity contribution in [3.05, 3.63) is 46.5 Å². The van der Waals surface area contributed by atoms with Crippen LogP contribution in [0.2, 0.25) is 5.02 Å². The van der Waals surface area contributed by atoms with Gasteiger partial charge in [0.15, 0.2) is 0 Å². The summed E-state index contributed by atoms with van der Waals surface area (Å²) in [4.78, 5) is 8.41. The van der Waals surface area contributed by atoms with Crippen LogP contribution in [-0.2, 0) is 0 Å². The zero-order valence-corrected chi connectivity index (χ0v) is 12.6. The van der Waals surface area contributed by atoms with Crippen LogP contribution in [0.1, 0.15) is 17.3 Å². The monoisotopic (exact) mass is 311 g/mol. The third kappa shape index (κ3) is 3.22. The Morgan fingerprint density at radius 2 is 2.05 bits per heavy atom. The highest BCUT2D eigenvalue weighted by molar-refractivity contribution is 6.30. The van der Waals surface area contributed by atoms with Gasteiger partial charge in [0.1, 0.15) is 11.5 Å². The van der Waals surface area contributed by atoms with Crippen molar-refractivity contribution in [2.75, 3.05) is 21.3 Å². The molecule has 7 heteroatoms. The molecule has 0 spiro atoms. The summed E-state index contributed by atoms with van der Waals surface area (Å²) in [6.07, 6.45) is 1.45. The Bertz CT molecular complexity index is 640. The highest BCUT2D eigenvalue weighted by Gasteiger charge is 2.23. The van der Waals surface area contributed by atoms with Crippen molar-refractivity contribution in [3.8, 4) is 11.8 Å². The predicted octanol–water partition coefficient (Wildman–Crippen LogP) is 2.60. The van der Waals surface area contributed by atoms with Crippen LogP contribution in [0.4, 0.5) is 4.39 Å². The number of hydrogen-bond acceptors (Lipinski definition) is 5. The molecule has 1 aromatic carbocycles. The number of methoxy groups -OCH3 is 2. The Morgan fingerprint density at radius 1 is 1.29 bits per heavy atom. The third-order valence-electron chi connectivity index (χ3n) is 2.98. The maximum absolute atomic E-state index is 14.1. The fraction of sp³-hybridized carbons (Fsp3) is 0.286. The number of ether oxygens (including phenoxy) is 2. The molecule has 1 atom stereocenters. The van der Waals surface area contributed by atoms with Crippen LogP contribution in [0, 0.1) is 5.82 Å². The quantitative estimate of drug-likeness (QED) is 0.920. The number of benzene rings is 1. The summed E-state index contributed by atoms with van der Waals surface area (Å²) in [5.41, 5.74) is 0.810. The topological polar surface area (TPSA) is 56.3 Å². The van der Waals surface area contributed by atoms with Crippen LogP contribution in [-0.4, -0.2) is 31.2 Å². The molecule has 0 aliphatic carbocycles. The lowest BCUT2D eigenvalue weighted by molar-refractivity contribution is 0.353. The van der Waals surface area contributed by atoms with Gasteiger partial charge in [-0.3, -0.25) is 0 Å². The van der Waals surface area contributed by atoms with Crippen LogP contribution in [0.3, 0.4) is 0 Å². The SMILES string of the molecule is CNC(c1cc(Cl)ccc1F)c1ncc(OC)nc1OC. The van der Waals surface area contributed by atoms with E-state index in [0.29, 0.717) is 22.2 Å². The number of nitrogens with one attached hydrogen (secondary N) is 1. The number of rotatable bonds is 5. The van der Waals surface area contributed by atoms with E-state index in [9.17, 15) is 4.39 Å². The van der Waals surface area contributed by atoms with E-state index in [1.54, 1.807) is 13.1 Å². The molecule has 2 aromatic rings. The Hall–Kier alpha value is -1.92. The van der Waals surface area contributed by atoms with Crippen molar-refractivity contribution in [1.82, 2.24) is 15.3 Å². The van der Waals surface area contributed by atoms with Crippen molar-refractivity contribution < 1.29 is 13.9 Å². The summed E-state index contributed by atoms with van der Waals surface area (Å²) in [7, 11) is 4.64. The number of aromatic nitrogens is 2. The van der Waals surface area contributed by atoms with Crippen molar-refractivity contribution in [3.63, 3.8) is 0 Å². The van der Waals surface area contributed by atoms with E-state index in [0.717, 1.165) is 0 Å². The van der Waals surface area contributed by atoms with Crippen molar-refractivity contribution in [2.45, 2.75) is 6.04 Å². The first-order valence-electron chi connectivity index (χ1n) is 6.17. The standard InChI is InChI=1S/C14H15ClFN3O2/c1-17-12(9-6-8(15)4-5-10(9)16)13-14(21-3)19-11(20-2)7-18-13/h4-7,12,17H,1-3H3. The van der Waals surface area contributed by atoms with Gasteiger partial charge < -0.3 is 14.8 Å². The fourth-order valence-electron chi connectivity index (χ4n) is 1.99. The lowest BCUT2D eigenvalue weighted by Crippen LogP contribution is -2.21. The van der Waals surface area contributed by atoms with E-state index in [4.69, 9.17) is 21.1 Å². The molecule has 0 saturated heterocycles. The first-order chi connectivity index (χ1) is 10.1. The lowest BCUT2D eigenvalue weighted by Gasteiger charge is -2.19. The van der Waals surface area contributed by atoms with Gasteiger partial charge in [0.2, 0.25) is 11.8 Å². The molecule has 5 nitrogen and oxygen atoms in total. The normalized spacial score (nSPS) is 12.0. The molecule has 112 valence electrons. The van der Waals surface area contributed by atoms with Gasteiger partial charge in [0.05, 0.1) is 26.5 Å². The van der Waals surface area contributed by atoms with Crippen LogP contribution in [0.25, 0.3) is 0 Å². The highest BCUT2D eigenvalue weighted by Crippen LogP contribution is 2.30. The minimum Gasteiger partial charge on any atom is -0.480 e. The molecule has 0 saturated carbocycles. The van der Waals surface area contributed by atoms with Gasteiger partial charge in [-0.05, 0) is 25.2 Å². The first kappa shape index (κ1) is 15.5. The van der Waals surface area contributed by atoms with Crippen LogP contribution in [0.15, 0.2) is 24.4 Å². The zero-order valence-electron chi connectivity index (χ0n) is 11.9. The molecule has 0 aliphatic rings. The van der Waals surface area contributed by atoms with Gasteiger partial charge in [-0.1, -0.05) is 11.6 Å². The van der Waals surface area contributed by atoms with Gasteiger partial charge in [0.25, 0.3) is 0 Å². The van der Waals surface area contributed by atoms with Gasteiger partial charge in [-0.25, -0.2) is 9.37 Å². The third-order valence-corrected chi connectivity index (χ3v) is 3.21. The second kappa shape index (κ2) is 6.69. The molecule has 2 rings (SSSR count). The Balaban J connectivity index is 2.53. The fourth-order valence-corrected chi connectivity index (χ4v) is 2.17. The molecule has 1 heterocycles. The van der Waals surface area contributed by atoms with Crippen LogP contribution >= 0.6 is 11.6 Å². The molecule has 0 amide bonds. The molecule has 0 aliphatic heterocycles. The van der Waals surface area contributed by atoms with E-state index < -0.39 is 11.9 Å². The molecule has 0 fully saturated rings. The Labute approximate surface area is 127 Å². The van der Waals surface area contributed by atoms with Crippen molar-refractivity contribution >= 4 is 11.6 Å². The maximum atomic E-state index is 14.1. The van der Waals surface area contributed by atoms with Gasteiger partial charge >= 0.3 is 0 Å². The summed E-state index contributed by atoms with van der Waals surface area (Å²) in [6.45, 7) is 0. The first-order valence-corrected chi connectivity index (χ1v) is 6.55. The zero-order chi connectivity index (χ0) is 15.4. The second-order valence-corrected chi connectivity index (χ2v) is 4.63. The molecule has 0 radical (unpaired) electrons. The molecular weight excluding hydrogens is 297 g/mol. The number of halogens is 2. The largest absolute Gasteiger partial charge is 0.480 e. The molecule has 1 unspecified atom stereocenters. The molecule has 1 aromatic heterocycles. The van der Waals surface area contributed by atoms with Crippen molar-refractivity contribution in [1.29, 1.82) is 0 Å². The van der Waals surface area contributed by atoms with Gasteiger partial charge in [-0.2, -0.15) is 4.98 Å². The Morgan fingerprint density at radius 3 is 2.67 bits per heavy atom. The van der Waals surface area contributed by atoms with E-state index in [1.165, 1.54) is 32.5 Å². The maximum Gasteiger partial charge on any atom is 0.240 e. The summed E-state index contributed by atoms with van der Waals surface area (Å²) >= 11 is 5.94. The van der Waals surface area contributed by atoms with E-state index >= 15 is 0 Å². The summed E-state index contributed by atoms with van der Waals surface area (Å²) in [5, 5.41) is 3.43. The van der Waals surface area contributed by atoms with Gasteiger partial charge in [-0.15, -0.1) is 0 Å². The molecular formula is C14H15ClFN3O2. The lowest BCUT2D eigenvalue weighted by atomic mass is 10.0. The second-order valence-electron chi connectivity index (χ2n) is 4.19. The predicted molar refractivity (Wildman–Crippen MR) is 77.4 cm³/mol. The smallest absolute Gasteiger partial charge is 0.240 e. The average Bonchev–Trinajstić information content (AvgIpc) is 2.51. The van der Waals surface area contributed by atoms with E-state index in [1.807, 2.05) is 0 Å². The summed E-state index contributed by atoms with van der Waals surface area (Å²) < 4.78 is 24.3. The minimum absolute atomic E-state index is 0.257. The van der Waals surface area contributed by atoms with Crippen LogP contribution in [0.5, 0.6) is 11.8 Å². The minimum atomic E-state index is -0.544. The highest BCUT2D eigenvalue weighted by atomic mass is 35.5. The Kier molecular flexibility index (Phi) is 4.93. The van der Waals surface area contributed by atoms with Crippen LogP contribution < -0.4 is 14.8 Å². The summed E-state index contributed by atoms with van der Waals surface area (Å²) in [6, 6.07) is 3.80. The average molecular weight is 312 g/mol. The number of hydrogen-bond donors (Lipinski definition) is 1. The van der Waals surface area contributed by atoms with Gasteiger partial charge in [0, 0.05) is 10.6 Å². The summed E-state index contributed by atoms with van der Waals surface area (Å²) in [5.74, 6) is 0.184. The van der Waals surface area contributed by atoms with E-state index in [2.05, 4.69) is 15.3 Å². The molecule has 0 bridgehead atoms.